The highest BCUT2D eigenvalue weighted by molar-refractivity contribution is 5.76. The Morgan fingerprint density at radius 2 is 0.933 bits per heavy atom. The van der Waals surface area contributed by atoms with Gasteiger partial charge >= 0.3 is 0 Å². The number of rotatable bonds is 46. The summed E-state index contributed by atoms with van der Waals surface area (Å²) in [5.41, 5.74) is 0. The summed E-state index contributed by atoms with van der Waals surface area (Å²) >= 11 is 0. The van der Waals surface area contributed by atoms with Gasteiger partial charge < -0.3 is 65.1 Å². The summed E-state index contributed by atoms with van der Waals surface area (Å²) < 4.78 is 22.7. The highest BCUT2D eigenvalue weighted by atomic mass is 16.7. The van der Waals surface area contributed by atoms with Gasteiger partial charge in [0.15, 0.2) is 12.6 Å². The number of carbonyl (C=O) groups excluding carboxylic acids is 1. The Bertz CT molecular complexity index is 1530. The van der Waals surface area contributed by atoms with E-state index in [2.05, 4.69) is 79.9 Å². The number of allylic oxidation sites excluding steroid dienone is 11. The van der Waals surface area contributed by atoms with Gasteiger partial charge in [-0.15, -0.1) is 0 Å². The van der Waals surface area contributed by atoms with Crippen LogP contribution in [0.1, 0.15) is 213 Å². The van der Waals surface area contributed by atoms with Crippen molar-refractivity contribution in [3.63, 3.8) is 0 Å². The molecule has 0 aromatic rings. The topological polar surface area (TPSA) is 228 Å². The van der Waals surface area contributed by atoms with Crippen LogP contribution in [0.15, 0.2) is 72.9 Å². The van der Waals surface area contributed by atoms with E-state index in [-0.39, 0.29) is 18.9 Å². The summed E-state index contributed by atoms with van der Waals surface area (Å²) in [5, 5.41) is 86.8. The summed E-state index contributed by atoms with van der Waals surface area (Å²) in [4.78, 5) is 13.2. The lowest BCUT2D eigenvalue weighted by Gasteiger charge is -2.46. The first-order valence-corrected chi connectivity index (χ1v) is 29.7. The Kier molecular flexibility index (Phi) is 42.4. The molecule has 75 heavy (non-hydrogen) atoms. The van der Waals surface area contributed by atoms with Crippen molar-refractivity contribution in [1.82, 2.24) is 5.32 Å². The quantitative estimate of drug-likeness (QED) is 0.0205. The van der Waals surface area contributed by atoms with Crippen molar-refractivity contribution in [2.24, 2.45) is 0 Å². The average molecular weight is 1060 g/mol. The zero-order chi connectivity index (χ0) is 54.6. The van der Waals surface area contributed by atoms with Crippen LogP contribution >= 0.6 is 0 Å². The Balaban J connectivity index is 1.64. The fraction of sp³-hybridized carbons (Fsp3) is 0.787. The lowest BCUT2D eigenvalue weighted by molar-refractivity contribution is -0.359. The normalized spacial score (nSPS) is 25.6. The summed E-state index contributed by atoms with van der Waals surface area (Å²) in [6.45, 7) is 2.62. The molecule has 14 heteroatoms. The van der Waals surface area contributed by atoms with Crippen molar-refractivity contribution in [1.29, 1.82) is 0 Å². The van der Waals surface area contributed by atoms with Crippen molar-refractivity contribution in [3.8, 4) is 0 Å². The van der Waals surface area contributed by atoms with Gasteiger partial charge in [-0.25, -0.2) is 0 Å². The van der Waals surface area contributed by atoms with Crippen molar-refractivity contribution >= 4 is 5.91 Å². The minimum absolute atomic E-state index is 0.258. The minimum atomic E-state index is -1.79. The molecule has 0 radical (unpaired) electrons. The van der Waals surface area contributed by atoms with E-state index in [1.54, 1.807) is 6.08 Å². The van der Waals surface area contributed by atoms with Gasteiger partial charge in [0.25, 0.3) is 0 Å². The Labute approximate surface area is 453 Å². The predicted molar refractivity (Wildman–Crippen MR) is 300 cm³/mol. The Morgan fingerprint density at radius 3 is 1.45 bits per heavy atom. The van der Waals surface area contributed by atoms with Gasteiger partial charge in [0.1, 0.15) is 48.8 Å². The third kappa shape index (κ3) is 32.2. The molecular weight excluding hydrogens is 955 g/mol. The summed E-state index contributed by atoms with van der Waals surface area (Å²) in [5.74, 6) is -0.258. The van der Waals surface area contributed by atoms with E-state index >= 15 is 0 Å². The van der Waals surface area contributed by atoms with Gasteiger partial charge in [-0.1, -0.05) is 202 Å². The van der Waals surface area contributed by atoms with E-state index in [1.807, 2.05) is 6.08 Å². The molecule has 2 aliphatic heterocycles. The van der Waals surface area contributed by atoms with E-state index in [4.69, 9.17) is 18.9 Å². The van der Waals surface area contributed by atoms with Crippen LogP contribution < -0.4 is 5.32 Å². The minimum Gasteiger partial charge on any atom is -0.394 e. The molecule has 0 spiro atoms. The molecule has 0 aromatic carbocycles. The van der Waals surface area contributed by atoms with E-state index in [1.165, 1.54) is 122 Å². The maximum absolute atomic E-state index is 13.2. The van der Waals surface area contributed by atoms with Crippen LogP contribution in [0.4, 0.5) is 0 Å². The van der Waals surface area contributed by atoms with Crippen LogP contribution in [0.5, 0.6) is 0 Å². The van der Waals surface area contributed by atoms with Crippen molar-refractivity contribution in [2.45, 2.75) is 286 Å². The number of carbonyl (C=O) groups is 1. The third-order valence-corrected chi connectivity index (χ3v) is 14.1. The maximum Gasteiger partial charge on any atom is 0.220 e. The monoisotopic (exact) mass is 1060 g/mol. The molecule has 0 bridgehead atoms. The number of aliphatic hydroxyl groups excluding tert-OH is 8. The molecule has 1 amide bonds. The molecule has 2 fully saturated rings. The number of unbranched alkanes of at least 4 members (excludes halogenated alkanes) is 23. The van der Waals surface area contributed by atoms with E-state index in [0.29, 0.717) is 12.8 Å². The molecule has 0 aliphatic carbocycles. The Hall–Kier alpha value is -2.57. The van der Waals surface area contributed by atoms with Crippen LogP contribution in [-0.2, 0) is 23.7 Å². The molecule has 0 saturated carbocycles. The lowest BCUT2D eigenvalue weighted by atomic mass is 9.97. The van der Waals surface area contributed by atoms with Gasteiger partial charge in [0.2, 0.25) is 5.91 Å². The standard InChI is InChI=1S/C61H107NO13/c1-3-5-7-9-11-13-15-16-17-18-19-20-21-22-23-24-25-26-27-28-29-30-31-32-33-34-35-37-39-41-43-45-53(66)62-49(50(65)44-42-40-38-36-14-12-10-8-6-4-2)48-72-60-58(71)56(69)59(52(47-64)74-60)75-61-57(70)55(68)54(67)51(46-63)73-61/h6,8,14-16,18-19,21-22,36,42,44,49-52,54-61,63-65,67-71H,3-5,7,9-13,17,20,23-35,37-41,43,45-48H2,1-2H3,(H,62,66)/b8-6+,16-15-,19-18-,22-21-,36-14+,44-42+. The predicted octanol–water partition coefficient (Wildman–Crippen LogP) is 9.94. The van der Waals surface area contributed by atoms with Gasteiger partial charge in [0, 0.05) is 6.42 Å². The van der Waals surface area contributed by atoms with Gasteiger partial charge in [-0.05, 0) is 77.0 Å². The molecule has 0 aromatic heterocycles. The molecular formula is C61H107NO13. The van der Waals surface area contributed by atoms with Crippen molar-refractivity contribution in [2.75, 3.05) is 19.8 Å². The third-order valence-electron chi connectivity index (χ3n) is 14.1. The molecule has 14 nitrogen and oxygen atoms in total. The van der Waals surface area contributed by atoms with Gasteiger partial charge in [-0.2, -0.15) is 0 Å². The molecule has 2 aliphatic rings. The van der Waals surface area contributed by atoms with Crippen LogP contribution in [-0.4, -0.2) is 140 Å². The van der Waals surface area contributed by atoms with Crippen molar-refractivity contribution in [3.05, 3.63) is 72.9 Å². The fourth-order valence-corrected chi connectivity index (χ4v) is 9.34. The fourth-order valence-electron chi connectivity index (χ4n) is 9.34. The molecule has 2 heterocycles. The average Bonchev–Trinajstić information content (AvgIpc) is 3.41. The van der Waals surface area contributed by atoms with E-state index < -0.39 is 86.8 Å². The SMILES string of the molecule is CC/C=C/CC/C=C/CC/C=C/C(O)C(COC1OC(CO)C(OC2OC(CO)C(O)C(O)C2O)C(O)C1O)NC(=O)CCCCCCCCCCCCCCCCCC/C=C\C/C=C\C/C=C\CCCCCCC. The smallest absolute Gasteiger partial charge is 0.220 e. The first-order valence-electron chi connectivity index (χ1n) is 29.7. The number of hydrogen-bond donors (Lipinski definition) is 9. The van der Waals surface area contributed by atoms with E-state index in [9.17, 15) is 45.6 Å². The molecule has 12 atom stereocenters. The van der Waals surface area contributed by atoms with Crippen LogP contribution in [0.3, 0.4) is 0 Å². The highest BCUT2D eigenvalue weighted by Crippen LogP contribution is 2.30. The second kappa shape index (κ2) is 46.4. The zero-order valence-electron chi connectivity index (χ0n) is 46.5. The Morgan fingerprint density at radius 1 is 0.493 bits per heavy atom. The number of aliphatic hydroxyl groups is 8. The van der Waals surface area contributed by atoms with Gasteiger partial charge in [0.05, 0.1) is 32.0 Å². The molecule has 2 saturated heterocycles. The first-order chi connectivity index (χ1) is 36.6. The number of ether oxygens (including phenoxy) is 4. The summed E-state index contributed by atoms with van der Waals surface area (Å²) in [6.07, 6.45) is 44.1. The maximum atomic E-state index is 13.2. The van der Waals surface area contributed by atoms with E-state index in [0.717, 1.165) is 57.8 Å². The second-order valence-corrected chi connectivity index (χ2v) is 20.7. The van der Waals surface area contributed by atoms with Crippen LogP contribution in [0.2, 0.25) is 0 Å². The molecule has 9 N–H and O–H groups in total. The van der Waals surface area contributed by atoms with Gasteiger partial charge in [-0.3, -0.25) is 4.79 Å². The number of hydrogen-bond acceptors (Lipinski definition) is 13. The summed E-state index contributed by atoms with van der Waals surface area (Å²) in [7, 11) is 0. The second-order valence-electron chi connectivity index (χ2n) is 20.7. The van der Waals surface area contributed by atoms with Crippen LogP contribution in [0.25, 0.3) is 0 Å². The largest absolute Gasteiger partial charge is 0.394 e. The number of nitrogens with one attached hydrogen (secondary N) is 1. The highest BCUT2D eigenvalue weighted by Gasteiger charge is 2.51. The molecule has 2 rings (SSSR count). The van der Waals surface area contributed by atoms with Crippen molar-refractivity contribution < 1.29 is 64.6 Å². The van der Waals surface area contributed by atoms with Crippen LogP contribution in [0, 0.1) is 0 Å². The number of amides is 1. The zero-order valence-corrected chi connectivity index (χ0v) is 46.5. The lowest BCUT2D eigenvalue weighted by Crippen LogP contribution is -2.65. The molecule has 434 valence electrons. The first kappa shape index (κ1) is 68.5. The molecule has 12 unspecified atom stereocenters. The summed E-state index contributed by atoms with van der Waals surface area (Å²) in [6, 6.07) is -0.938.